The van der Waals surface area contributed by atoms with E-state index in [-0.39, 0.29) is 12.3 Å². The first-order chi connectivity index (χ1) is 16.1. The first-order valence-corrected chi connectivity index (χ1v) is 12.3. The third-order valence-corrected chi connectivity index (χ3v) is 9.67. The summed E-state index contributed by atoms with van der Waals surface area (Å²) in [4.78, 5) is 37.0. The zero-order valence-corrected chi connectivity index (χ0v) is 21.3. The second-order valence-electron chi connectivity index (χ2n) is 11.9. The molecule has 4 aliphatic carbocycles. The Morgan fingerprint density at radius 1 is 0.886 bits per heavy atom. The number of carbonyl (C=O) groups is 3. The number of carbonyl (C=O) groups excluding carboxylic acids is 3. The lowest BCUT2D eigenvalue weighted by Gasteiger charge is -2.70. The molecule has 4 aliphatic rings. The van der Waals surface area contributed by atoms with Crippen LogP contribution >= 0.6 is 0 Å². The van der Waals surface area contributed by atoms with Gasteiger partial charge in [-0.25, -0.2) is 0 Å². The molecule has 0 aliphatic heterocycles. The molecule has 11 atom stereocenters. The van der Waals surface area contributed by atoms with Gasteiger partial charge in [0.2, 0.25) is 0 Å². The van der Waals surface area contributed by atoms with Crippen molar-refractivity contribution in [2.75, 3.05) is 0 Å². The van der Waals surface area contributed by atoms with Gasteiger partial charge in [0.05, 0.1) is 18.3 Å². The lowest BCUT2D eigenvalue weighted by Crippen LogP contribution is -2.77. The van der Waals surface area contributed by atoms with E-state index in [0.717, 1.165) is 0 Å². The Bertz CT molecular complexity index is 943. The highest BCUT2D eigenvalue weighted by molar-refractivity contribution is 5.68. The van der Waals surface area contributed by atoms with Gasteiger partial charge in [-0.05, 0) is 29.7 Å². The van der Waals surface area contributed by atoms with Gasteiger partial charge in [0, 0.05) is 49.9 Å². The molecule has 0 radical (unpaired) electrons. The van der Waals surface area contributed by atoms with E-state index in [4.69, 9.17) is 14.2 Å². The molecule has 3 N–H and O–H groups in total. The highest BCUT2D eigenvalue weighted by atomic mass is 16.6. The molecule has 11 unspecified atom stereocenters. The van der Waals surface area contributed by atoms with Gasteiger partial charge in [0.1, 0.15) is 18.3 Å². The summed E-state index contributed by atoms with van der Waals surface area (Å²) in [6.45, 7) is 13.4. The van der Waals surface area contributed by atoms with Crippen molar-refractivity contribution < 1.29 is 43.9 Å². The van der Waals surface area contributed by atoms with Gasteiger partial charge in [0.15, 0.2) is 0 Å². The SMILES string of the molecule is C=C1C2CC(O)C3C4(C)C(OC(C)=O)CC(O)C(C)(C)C4C(OC(C)=O)C(OC(C)=O)C3(C2)C1O. The number of hydrogen-bond donors (Lipinski definition) is 3. The fourth-order valence-corrected chi connectivity index (χ4v) is 8.67. The van der Waals surface area contributed by atoms with Crippen molar-refractivity contribution in [2.45, 2.75) is 97.4 Å². The van der Waals surface area contributed by atoms with E-state index < -0.39 is 82.6 Å². The minimum atomic E-state index is -1.22. The molecular weight excluding hydrogens is 456 g/mol. The van der Waals surface area contributed by atoms with Gasteiger partial charge in [-0.15, -0.1) is 0 Å². The number of ether oxygens (including phenoxy) is 3. The highest BCUT2D eigenvalue weighted by Gasteiger charge is 2.79. The molecule has 35 heavy (non-hydrogen) atoms. The quantitative estimate of drug-likeness (QED) is 0.303. The average molecular weight is 495 g/mol. The molecule has 9 nitrogen and oxygen atoms in total. The van der Waals surface area contributed by atoms with Crippen molar-refractivity contribution in [2.24, 2.45) is 34.0 Å². The predicted octanol–water partition coefficient (Wildman–Crippen LogP) is 1.51. The van der Waals surface area contributed by atoms with Crippen LogP contribution in [0.1, 0.15) is 60.8 Å². The molecule has 0 aromatic heterocycles. The van der Waals surface area contributed by atoms with Crippen LogP contribution in [-0.4, -0.2) is 69.9 Å². The molecule has 4 fully saturated rings. The van der Waals surface area contributed by atoms with E-state index in [1.54, 1.807) is 0 Å². The maximum Gasteiger partial charge on any atom is 0.303 e. The minimum Gasteiger partial charge on any atom is -0.462 e. The van der Waals surface area contributed by atoms with Crippen molar-refractivity contribution in [3.63, 3.8) is 0 Å². The van der Waals surface area contributed by atoms with Crippen LogP contribution in [0.3, 0.4) is 0 Å². The zero-order chi connectivity index (χ0) is 26.2. The van der Waals surface area contributed by atoms with Crippen LogP contribution in [0, 0.1) is 34.0 Å². The first-order valence-electron chi connectivity index (χ1n) is 12.3. The van der Waals surface area contributed by atoms with Gasteiger partial charge in [-0.2, -0.15) is 0 Å². The molecule has 0 heterocycles. The number of aliphatic hydroxyl groups excluding tert-OH is 3. The topological polar surface area (TPSA) is 140 Å². The van der Waals surface area contributed by atoms with E-state index in [1.807, 2.05) is 20.8 Å². The zero-order valence-electron chi connectivity index (χ0n) is 21.3. The van der Waals surface area contributed by atoms with Crippen LogP contribution in [-0.2, 0) is 28.6 Å². The van der Waals surface area contributed by atoms with Gasteiger partial charge in [0.25, 0.3) is 0 Å². The fraction of sp³-hybridized carbons (Fsp3) is 0.808. The summed E-state index contributed by atoms with van der Waals surface area (Å²) >= 11 is 0. The molecule has 0 aromatic carbocycles. The maximum atomic E-state index is 12.4. The van der Waals surface area contributed by atoms with Crippen LogP contribution in [0.15, 0.2) is 12.2 Å². The molecular formula is C26H38O9. The number of aliphatic hydroxyl groups is 3. The summed E-state index contributed by atoms with van der Waals surface area (Å²) in [5, 5.41) is 34.5. The highest BCUT2D eigenvalue weighted by Crippen LogP contribution is 2.73. The Balaban J connectivity index is 2.04. The summed E-state index contributed by atoms with van der Waals surface area (Å²) < 4.78 is 17.6. The summed E-state index contributed by atoms with van der Waals surface area (Å²) in [7, 11) is 0. The third kappa shape index (κ3) is 3.49. The van der Waals surface area contributed by atoms with E-state index >= 15 is 0 Å². The fourth-order valence-electron chi connectivity index (χ4n) is 8.67. The van der Waals surface area contributed by atoms with Crippen LogP contribution in [0.4, 0.5) is 0 Å². The van der Waals surface area contributed by atoms with Crippen LogP contribution in [0.2, 0.25) is 0 Å². The Morgan fingerprint density at radius 3 is 2.00 bits per heavy atom. The lowest BCUT2D eigenvalue weighted by atomic mass is 9.37. The standard InChI is InChI=1S/C26H38O9/c1-11-15-8-16(30)20-25(7)18(33-12(2)27)9-17(31)24(5,6)21(25)19(34-13(3)28)23(35-14(4)29)26(20,10-15)22(11)32/h15-23,30-32H,1,8-10H2,2-7H3. The Hall–Kier alpha value is -1.97. The minimum absolute atomic E-state index is 0.115. The Morgan fingerprint density at radius 2 is 1.46 bits per heavy atom. The molecule has 4 rings (SSSR count). The Kier molecular flexibility index (Phi) is 6.18. The molecule has 1 spiro atoms. The van der Waals surface area contributed by atoms with Crippen LogP contribution < -0.4 is 0 Å². The number of hydrogen-bond acceptors (Lipinski definition) is 9. The number of fused-ring (bicyclic) bond motifs is 3. The van der Waals surface area contributed by atoms with Crippen molar-refractivity contribution in [3.05, 3.63) is 12.2 Å². The van der Waals surface area contributed by atoms with Gasteiger partial charge in [-0.1, -0.05) is 27.4 Å². The normalized spacial score (nSPS) is 47.8. The largest absolute Gasteiger partial charge is 0.462 e. The number of rotatable bonds is 3. The van der Waals surface area contributed by atoms with E-state index in [9.17, 15) is 29.7 Å². The van der Waals surface area contributed by atoms with Crippen molar-refractivity contribution in [3.8, 4) is 0 Å². The number of esters is 3. The van der Waals surface area contributed by atoms with Gasteiger partial charge in [-0.3, -0.25) is 14.4 Å². The molecule has 0 amide bonds. The molecule has 9 heteroatoms. The summed E-state index contributed by atoms with van der Waals surface area (Å²) in [5.41, 5.74) is -2.59. The molecule has 196 valence electrons. The molecule has 2 bridgehead atoms. The monoisotopic (exact) mass is 494 g/mol. The summed E-state index contributed by atoms with van der Waals surface area (Å²) in [6, 6.07) is 0. The van der Waals surface area contributed by atoms with Crippen molar-refractivity contribution in [1.82, 2.24) is 0 Å². The molecule has 4 saturated carbocycles. The van der Waals surface area contributed by atoms with Crippen LogP contribution in [0.5, 0.6) is 0 Å². The maximum absolute atomic E-state index is 12.4. The second-order valence-corrected chi connectivity index (χ2v) is 11.9. The van der Waals surface area contributed by atoms with Gasteiger partial charge >= 0.3 is 17.9 Å². The average Bonchev–Trinajstić information content (AvgIpc) is 2.90. The van der Waals surface area contributed by atoms with Crippen molar-refractivity contribution >= 4 is 17.9 Å². The third-order valence-electron chi connectivity index (χ3n) is 9.67. The molecule has 0 aromatic rings. The first kappa shape index (κ1) is 26.1. The lowest BCUT2D eigenvalue weighted by molar-refractivity contribution is -0.324. The Labute approximate surface area is 205 Å². The van der Waals surface area contributed by atoms with Gasteiger partial charge < -0.3 is 29.5 Å². The second kappa shape index (κ2) is 8.28. The van der Waals surface area contributed by atoms with E-state index in [0.29, 0.717) is 18.4 Å². The summed E-state index contributed by atoms with van der Waals surface area (Å²) in [6.07, 6.45) is -5.16. The van der Waals surface area contributed by atoms with E-state index in [1.165, 1.54) is 20.8 Å². The summed E-state index contributed by atoms with van der Waals surface area (Å²) in [5.74, 6) is -3.35. The van der Waals surface area contributed by atoms with Crippen LogP contribution in [0.25, 0.3) is 0 Å². The smallest absolute Gasteiger partial charge is 0.303 e. The molecule has 0 saturated heterocycles. The van der Waals surface area contributed by atoms with E-state index in [2.05, 4.69) is 6.58 Å². The predicted molar refractivity (Wildman–Crippen MR) is 122 cm³/mol. The van der Waals surface area contributed by atoms with Crippen molar-refractivity contribution in [1.29, 1.82) is 0 Å².